The van der Waals surface area contributed by atoms with Gasteiger partial charge < -0.3 is 24.3 Å². The number of alkyl carbamates (subject to hydrolysis) is 1. The van der Waals surface area contributed by atoms with Crippen LogP contribution in [-0.2, 0) is 25.3 Å². The summed E-state index contributed by atoms with van der Waals surface area (Å²) in [5.41, 5.74) is -0.0296. The van der Waals surface area contributed by atoms with Gasteiger partial charge >= 0.3 is 13.2 Å². The number of hydrogen-bond donors (Lipinski definition) is 1. The van der Waals surface area contributed by atoms with Crippen LogP contribution in [-0.4, -0.2) is 65.9 Å². The molecule has 0 saturated carbocycles. The lowest BCUT2D eigenvalue weighted by Crippen LogP contribution is -2.53. The second-order valence-corrected chi connectivity index (χ2v) is 11.4. The van der Waals surface area contributed by atoms with Gasteiger partial charge in [-0.1, -0.05) is 24.3 Å². The van der Waals surface area contributed by atoms with Crippen molar-refractivity contribution < 1.29 is 32.4 Å². The zero-order chi connectivity index (χ0) is 26.2. The van der Waals surface area contributed by atoms with Crippen molar-refractivity contribution in [2.45, 2.75) is 96.5 Å². The molecule has 1 atom stereocenters. The van der Waals surface area contributed by atoms with Crippen molar-refractivity contribution in [3.05, 3.63) is 29.8 Å². The van der Waals surface area contributed by atoms with Gasteiger partial charge in [-0.3, -0.25) is 4.79 Å². The van der Waals surface area contributed by atoms with Crippen LogP contribution in [0.25, 0.3) is 0 Å². The predicted molar refractivity (Wildman–Crippen MR) is 130 cm³/mol. The lowest BCUT2D eigenvalue weighted by Gasteiger charge is -2.34. The van der Waals surface area contributed by atoms with Crippen molar-refractivity contribution >= 4 is 24.6 Å². The van der Waals surface area contributed by atoms with Crippen molar-refractivity contribution in [2.75, 3.05) is 13.1 Å². The summed E-state index contributed by atoms with van der Waals surface area (Å²) in [5.74, 6) is -3.17. The summed E-state index contributed by atoms with van der Waals surface area (Å²) in [6, 6.07) is 6.49. The highest BCUT2D eigenvalue weighted by Gasteiger charge is 2.51. The molecule has 2 aliphatic heterocycles. The second-order valence-electron chi connectivity index (χ2n) is 11.4. The number of nitrogens with zero attached hydrogens (tertiary/aromatic N) is 1. The summed E-state index contributed by atoms with van der Waals surface area (Å²) >= 11 is 0. The average Bonchev–Trinajstić information content (AvgIpc) is 2.93. The maximum Gasteiger partial charge on any atom is 0.494 e. The van der Waals surface area contributed by atoms with Crippen molar-refractivity contribution in [3.8, 4) is 0 Å². The molecule has 0 spiro atoms. The predicted octanol–water partition coefficient (Wildman–Crippen LogP) is 3.68. The minimum atomic E-state index is -2.77. The molecule has 35 heavy (non-hydrogen) atoms. The maximum atomic E-state index is 13.6. The van der Waals surface area contributed by atoms with Crippen LogP contribution in [0.15, 0.2) is 24.3 Å². The molecule has 0 aliphatic carbocycles. The van der Waals surface area contributed by atoms with Crippen molar-refractivity contribution in [3.63, 3.8) is 0 Å². The summed E-state index contributed by atoms with van der Waals surface area (Å²) in [6.45, 7) is 13.0. The molecule has 2 saturated heterocycles. The lowest BCUT2D eigenvalue weighted by atomic mass is 9.78. The number of alkyl halides is 2. The summed E-state index contributed by atoms with van der Waals surface area (Å²) < 4.78 is 44.7. The Hall–Kier alpha value is -2.20. The van der Waals surface area contributed by atoms with Crippen molar-refractivity contribution in [1.82, 2.24) is 10.2 Å². The Labute approximate surface area is 207 Å². The fraction of sp³-hybridized carbons (Fsp3) is 0.680. The SMILES string of the molecule is CC(C)(C)OC(=O)NC(Cc1ccc(B2OC(C)(C)C(C)(C)O2)cc1)C(=O)N1CCC(F)(F)CC1. The largest absolute Gasteiger partial charge is 0.494 e. The Morgan fingerprint density at radius 3 is 2.06 bits per heavy atom. The number of piperidine rings is 1. The Bertz CT molecular complexity index is 905. The first-order valence-corrected chi connectivity index (χ1v) is 12.1. The minimum absolute atomic E-state index is 0.0564. The van der Waals surface area contributed by atoms with Crippen LogP contribution in [0.1, 0.15) is 66.9 Å². The number of carbonyl (C=O) groups excluding carboxylic acids is 2. The first-order chi connectivity index (χ1) is 16.0. The van der Waals surface area contributed by atoms with Crippen LogP contribution in [0, 0.1) is 0 Å². The average molecular weight is 494 g/mol. The van der Waals surface area contributed by atoms with Crippen LogP contribution in [0.5, 0.6) is 0 Å². The van der Waals surface area contributed by atoms with E-state index in [1.54, 1.807) is 20.8 Å². The molecule has 194 valence electrons. The Morgan fingerprint density at radius 1 is 1.06 bits per heavy atom. The summed E-state index contributed by atoms with van der Waals surface area (Å²) in [5, 5.41) is 2.64. The zero-order valence-electron chi connectivity index (χ0n) is 21.7. The van der Waals surface area contributed by atoms with E-state index in [1.165, 1.54) is 4.90 Å². The van der Waals surface area contributed by atoms with Gasteiger partial charge in [-0.2, -0.15) is 0 Å². The van der Waals surface area contributed by atoms with Gasteiger partial charge in [-0.15, -0.1) is 0 Å². The third kappa shape index (κ3) is 6.94. The Balaban J connectivity index is 1.73. The van der Waals surface area contributed by atoms with Crippen LogP contribution >= 0.6 is 0 Å². The fourth-order valence-corrected chi connectivity index (χ4v) is 3.95. The number of likely N-dealkylation sites (tertiary alicyclic amines) is 1. The summed E-state index contributed by atoms with van der Waals surface area (Å²) in [4.78, 5) is 27.0. The Morgan fingerprint density at radius 2 is 1.57 bits per heavy atom. The van der Waals surface area contributed by atoms with Gasteiger partial charge in [-0.05, 0) is 59.5 Å². The molecule has 1 unspecified atom stereocenters. The van der Waals surface area contributed by atoms with Gasteiger partial charge in [0.2, 0.25) is 5.91 Å². The van der Waals surface area contributed by atoms with Crippen LogP contribution in [0.2, 0.25) is 0 Å². The number of benzene rings is 1. The van der Waals surface area contributed by atoms with E-state index in [0.717, 1.165) is 11.0 Å². The third-order valence-electron chi connectivity index (χ3n) is 6.74. The first-order valence-electron chi connectivity index (χ1n) is 12.1. The quantitative estimate of drug-likeness (QED) is 0.633. The molecule has 3 rings (SSSR count). The number of halogens is 2. The van der Waals surface area contributed by atoms with Crippen molar-refractivity contribution in [2.24, 2.45) is 0 Å². The maximum absolute atomic E-state index is 13.6. The molecule has 1 aromatic rings. The second kappa shape index (κ2) is 9.69. The van der Waals surface area contributed by atoms with E-state index >= 15 is 0 Å². The smallest absolute Gasteiger partial charge is 0.444 e. The van der Waals surface area contributed by atoms with E-state index in [0.29, 0.717) is 0 Å². The normalized spacial score (nSPS) is 22.0. The molecule has 2 amide bonds. The molecule has 2 heterocycles. The molecule has 1 N–H and O–H groups in total. The van der Waals surface area contributed by atoms with E-state index in [2.05, 4.69) is 5.32 Å². The zero-order valence-corrected chi connectivity index (χ0v) is 21.7. The van der Waals surface area contributed by atoms with E-state index in [4.69, 9.17) is 14.0 Å². The van der Waals surface area contributed by atoms with Crippen molar-refractivity contribution in [1.29, 1.82) is 0 Å². The molecule has 1 aromatic carbocycles. The number of rotatable bonds is 5. The van der Waals surface area contributed by atoms with Gasteiger partial charge in [0.25, 0.3) is 5.92 Å². The van der Waals surface area contributed by atoms with Gasteiger partial charge in [0.15, 0.2) is 0 Å². The van der Waals surface area contributed by atoms with Gasteiger partial charge in [0.05, 0.1) is 11.2 Å². The molecule has 0 aromatic heterocycles. The van der Waals surface area contributed by atoms with Gasteiger partial charge in [0.1, 0.15) is 11.6 Å². The third-order valence-corrected chi connectivity index (χ3v) is 6.74. The van der Waals surface area contributed by atoms with Crippen LogP contribution in [0.4, 0.5) is 13.6 Å². The number of hydrogen-bond acceptors (Lipinski definition) is 5. The van der Waals surface area contributed by atoms with Gasteiger partial charge in [-0.25, -0.2) is 13.6 Å². The van der Waals surface area contributed by atoms with Crippen LogP contribution < -0.4 is 10.8 Å². The monoisotopic (exact) mass is 494 g/mol. The molecule has 7 nitrogen and oxygen atoms in total. The molecule has 2 aliphatic rings. The van der Waals surface area contributed by atoms with E-state index < -0.39 is 47.9 Å². The number of nitrogens with one attached hydrogen (secondary N) is 1. The molecule has 0 radical (unpaired) electrons. The topological polar surface area (TPSA) is 77.1 Å². The highest BCUT2D eigenvalue weighted by molar-refractivity contribution is 6.62. The summed E-state index contributed by atoms with van der Waals surface area (Å²) in [6.07, 6.45) is -1.32. The molecular weight excluding hydrogens is 457 g/mol. The fourth-order valence-electron chi connectivity index (χ4n) is 3.95. The Kier molecular flexibility index (Phi) is 7.59. The van der Waals surface area contributed by atoms with Gasteiger partial charge in [0, 0.05) is 32.4 Å². The molecule has 0 bridgehead atoms. The molecular formula is C25H37BF2N2O5. The van der Waals surface area contributed by atoms with Crippen LogP contribution in [0.3, 0.4) is 0 Å². The van der Waals surface area contributed by atoms with E-state index in [1.807, 2.05) is 52.0 Å². The number of carbonyl (C=O) groups is 2. The minimum Gasteiger partial charge on any atom is -0.444 e. The van der Waals surface area contributed by atoms with E-state index in [-0.39, 0.29) is 32.4 Å². The van der Waals surface area contributed by atoms with E-state index in [9.17, 15) is 18.4 Å². The molecule has 10 heteroatoms. The first kappa shape index (κ1) is 27.4. The summed E-state index contributed by atoms with van der Waals surface area (Å²) in [7, 11) is -0.513. The number of amides is 2. The highest BCUT2D eigenvalue weighted by atomic mass is 19.3. The highest BCUT2D eigenvalue weighted by Crippen LogP contribution is 2.36. The number of ether oxygens (including phenoxy) is 1. The lowest BCUT2D eigenvalue weighted by molar-refractivity contribution is -0.139. The molecule has 2 fully saturated rings. The standard InChI is InChI=1S/C25H37BF2N2O5/c1-22(2,3)33-21(32)29-19(20(31)30-14-12-25(27,28)13-15-30)16-17-8-10-18(11-9-17)26-34-23(4,5)24(6,7)35-26/h8-11,19H,12-16H2,1-7H3,(H,29,32).